The molecule has 3 heterocycles. The lowest BCUT2D eigenvalue weighted by molar-refractivity contribution is 0.120. The van der Waals surface area contributed by atoms with Crippen LogP contribution in [0.1, 0.15) is 19.3 Å². The van der Waals surface area contributed by atoms with Gasteiger partial charge in [0.05, 0.1) is 0 Å². The minimum atomic E-state index is -0.277. The number of anilines is 1. The maximum Gasteiger partial charge on any atom is 0.204 e. The number of fused-ring (bicyclic) bond motifs is 1. The lowest BCUT2D eigenvalue weighted by Crippen LogP contribution is -2.52. The number of halogens is 1. The van der Waals surface area contributed by atoms with E-state index in [4.69, 9.17) is 0 Å². The van der Waals surface area contributed by atoms with Gasteiger partial charge in [-0.25, -0.2) is 9.37 Å². The molecule has 0 unspecified atom stereocenters. The Bertz CT molecular complexity index is 927. The van der Waals surface area contributed by atoms with Gasteiger partial charge in [0.25, 0.3) is 0 Å². The molecule has 7 heteroatoms. The molecule has 3 aromatic rings. The van der Waals surface area contributed by atoms with E-state index in [1.165, 1.54) is 31.4 Å². The highest BCUT2D eigenvalue weighted by Gasteiger charge is 2.29. The molecule has 0 bridgehead atoms. The molecule has 0 amide bonds. The van der Waals surface area contributed by atoms with Crippen molar-refractivity contribution in [3.8, 4) is 11.4 Å². The molecule has 1 aromatic carbocycles. The molecule has 0 radical (unpaired) electrons. The normalized spacial score (nSPS) is 19.0. The molecule has 5 rings (SSSR count). The van der Waals surface area contributed by atoms with E-state index in [9.17, 15) is 4.39 Å². The van der Waals surface area contributed by atoms with Crippen LogP contribution in [-0.4, -0.2) is 56.7 Å². The van der Waals surface area contributed by atoms with Gasteiger partial charge in [0.2, 0.25) is 5.65 Å². The fourth-order valence-electron chi connectivity index (χ4n) is 3.91. The topological polar surface area (TPSA) is 49.6 Å². The zero-order valence-corrected chi connectivity index (χ0v) is 14.6. The highest BCUT2D eigenvalue weighted by atomic mass is 19.1. The molecule has 26 heavy (non-hydrogen) atoms. The summed E-state index contributed by atoms with van der Waals surface area (Å²) in [6.07, 6.45) is 7.66. The van der Waals surface area contributed by atoms with Crippen molar-refractivity contribution < 1.29 is 4.39 Å². The standard InChI is InChI=1S/C19H21FN6/c20-15-4-1-3-14(13-15)17-22-23-19-18(21-7-8-26(17)19)25-11-9-24(10-12-25)16-5-2-6-16/h1,3-4,7-8,13,16H,2,5-6,9-12H2. The zero-order valence-electron chi connectivity index (χ0n) is 14.6. The summed E-state index contributed by atoms with van der Waals surface area (Å²) in [7, 11) is 0. The Labute approximate surface area is 151 Å². The molecule has 1 aliphatic heterocycles. The van der Waals surface area contributed by atoms with Gasteiger partial charge in [0.15, 0.2) is 11.6 Å². The third kappa shape index (κ3) is 2.63. The summed E-state index contributed by atoms with van der Waals surface area (Å²) in [6, 6.07) is 7.23. The highest BCUT2D eigenvalue weighted by molar-refractivity contribution is 5.68. The quantitative estimate of drug-likeness (QED) is 0.725. The van der Waals surface area contributed by atoms with Gasteiger partial charge < -0.3 is 4.90 Å². The smallest absolute Gasteiger partial charge is 0.204 e. The first-order valence-corrected chi connectivity index (χ1v) is 9.24. The molecule has 2 aromatic heterocycles. The van der Waals surface area contributed by atoms with E-state index >= 15 is 0 Å². The van der Waals surface area contributed by atoms with Gasteiger partial charge >= 0.3 is 0 Å². The van der Waals surface area contributed by atoms with Crippen molar-refractivity contribution in [3.63, 3.8) is 0 Å². The van der Waals surface area contributed by atoms with Crippen molar-refractivity contribution in [2.75, 3.05) is 31.1 Å². The Morgan fingerprint density at radius 3 is 2.62 bits per heavy atom. The summed E-state index contributed by atoms with van der Waals surface area (Å²) in [5.41, 5.74) is 1.44. The maximum absolute atomic E-state index is 13.6. The van der Waals surface area contributed by atoms with Crippen molar-refractivity contribution in [2.24, 2.45) is 0 Å². The van der Waals surface area contributed by atoms with Crippen LogP contribution in [0.15, 0.2) is 36.7 Å². The van der Waals surface area contributed by atoms with Crippen LogP contribution < -0.4 is 4.90 Å². The summed E-state index contributed by atoms with van der Waals surface area (Å²) in [4.78, 5) is 9.45. The van der Waals surface area contributed by atoms with Gasteiger partial charge in [0, 0.05) is 50.2 Å². The van der Waals surface area contributed by atoms with E-state index < -0.39 is 0 Å². The van der Waals surface area contributed by atoms with Crippen molar-refractivity contribution >= 4 is 11.5 Å². The second-order valence-electron chi connectivity index (χ2n) is 7.09. The number of hydrogen-bond acceptors (Lipinski definition) is 5. The fourth-order valence-corrected chi connectivity index (χ4v) is 3.91. The van der Waals surface area contributed by atoms with E-state index in [1.54, 1.807) is 12.3 Å². The molecule has 0 atom stereocenters. The highest BCUT2D eigenvalue weighted by Crippen LogP contribution is 2.28. The number of nitrogens with zero attached hydrogens (tertiary/aromatic N) is 6. The Morgan fingerprint density at radius 2 is 1.88 bits per heavy atom. The Balaban J connectivity index is 1.44. The van der Waals surface area contributed by atoms with Crippen molar-refractivity contribution in [1.82, 2.24) is 24.5 Å². The lowest BCUT2D eigenvalue weighted by Gasteiger charge is -2.43. The van der Waals surface area contributed by atoms with Crippen LogP contribution in [0.5, 0.6) is 0 Å². The van der Waals surface area contributed by atoms with Gasteiger partial charge in [-0.05, 0) is 25.0 Å². The maximum atomic E-state index is 13.6. The minimum Gasteiger partial charge on any atom is -0.351 e. The van der Waals surface area contributed by atoms with E-state index in [0.717, 1.165) is 43.7 Å². The number of aromatic nitrogens is 4. The minimum absolute atomic E-state index is 0.277. The molecule has 6 nitrogen and oxygen atoms in total. The van der Waals surface area contributed by atoms with Crippen molar-refractivity contribution in [3.05, 3.63) is 42.5 Å². The third-order valence-corrected chi connectivity index (χ3v) is 5.60. The molecule has 1 saturated carbocycles. The Hall–Kier alpha value is -2.54. The van der Waals surface area contributed by atoms with Crippen LogP contribution in [0.3, 0.4) is 0 Å². The van der Waals surface area contributed by atoms with Crippen molar-refractivity contribution in [2.45, 2.75) is 25.3 Å². The van der Waals surface area contributed by atoms with Gasteiger partial charge in [-0.2, -0.15) is 0 Å². The molecule has 134 valence electrons. The lowest BCUT2D eigenvalue weighted by atomic mass is 9.91. The van der Waals surface area contributed by atoms with Crippen LogP contribution in [0, 0.1) is 5.82 Å². The summed E-state index contributed by atoms with van der Waals surface area (Å²) >= 11 is 0. The Morgan fingerprint density at radius 1 is 1.04 bits per heavy atom. The fraction of sp³-hybridized carbons (Fsp3) is 0.421. The first-order chi connectivity index (χ1) is 12.8. The van der Waals surface area contributed by atoms with Gasteiger partial charge in [-0.3, -0.25) is 9.30 Å². The zero-order chi connectivity index (χ0) is 17.5. The summed E-state index contributed by atoms with van der Waals surface area (Å²) in [5.74, 6) is 1.22. The summed E-state index contributed by atoms with van der Waals surface area (Å²) in [5, 5.41) is 8.65. The SMILES string of the molecule is Fc1cccc(-c2nnc3c(N4CCN(C5CCC5)CC4)nccn23)c1. The van der Waals surface area contributed by atoms with Gasteiger partial charge in [-0.1, -0.05) is 18.6 Å². The Kier molecular flexibility index (Phi) is 3.81. The summed E-state index contributed by atoms with van der Waals surface area (Å²) < 4.78 is 15.5. The van der Waals surface area contributed by atoms with E-state index in [1.807, 2.05) is 16.7 Å². The molecule has 0 N–H and O–H groups in total. The summed E-state index contributed by atoms with van der Waals surface area (Å²) in [6.45, 7) is 4.03. The molecule has 1 aliphatic carbocycles. The molecule has 2 aliphatic rings. The first-order valence-electron chi connectivity index (χ1n) is 9.24. The largest absolute Gasteiger partial charge is 0.351 e. The monoisotopic (exact) mass is 352 g/mol. The predicted molar refractivity (Wildman–Crippen MR) is 97.6 cm³/mol. The van der Waals surface area contributed by atoms with Crippen LogP contribution in [0.2, 0.25) is 0 Å². The third-order valence-electron chi connectivity index (χ3n) is 5.60. The number of piperazine rings is 1. The molecule has 0 spiro atoms. The molecule has 1 saturated heterocycles. The predicted octanol–water partition coefficient (Wildman–Crippen LogP) is 2.60. The van der Waals surface area contributed by atoms with Gasteiger partial charge in [-0.15, -0.1) is 10.2 Å². The number of rotatable bonds is 3. The molecular formula is C19H21FN6. The van der Waals surface area contributed by atoms with Crippen molar-refractivity contribution in [1.29, 1.82) is 0 Å². The molecule has 2 fully saturated rings. The van der Waals surface area contributed by atoms with E-state index in [0.29, 0.717) is 11.4 Å². The first kappa shape index (κ1) is 15.7. The van der Waals surface area contributed by atoms with Crippen LogP contribution in [0.4, 0.5) is 10.2 Å². The van der Waals surface area contributed by atoms with Crippen LogP contribution >= 0.6 is 0 Å². The number of hydrogen-bond donors (Lipinski definition) is 0. The second kappa shape index (κ2) is 6.32. The second-order valence-corrected chi connectivity index (χ2v) is 7.09. The van der Waals surface area contributed by atoms with Crippen LogP contribution in [0.25, 0.3) is 17.0 Å². The number of benzene rings is 1. The average molecular weight is 352 g/mol. The molecular weight excluding hydrogens is 331 g/mol. The van der Waals surface area contributed by atoms with E-state index in [2.05, 4.69) is 25.0 Å². The average Bonchev–Trinajstić information content (AvgIpc) is 3.05. The van der Waals surface area contributed by atoms with E-state index in [-0.39, 0.29) is 5.82 Å². The van der Waals surface area contributed by atoms with Gasteiger partial charge in [0.1, 0.15) is 5.82 Å². The van der Waals surface area contributed by atoms with Crippen LogP contribution in [-0.2, 0) is 0 Å².